The van der Waals surface area contributed by atoms with Gasteiger partial charge in [0.05, 0.1) is 0 Å². The van der Waals surface area contributed by atoms with Crippen molar-refractivity contribution in [2.45, 2.75) is 63.4 Å². The number of nitrogens with zero attached hydrogens (tertiary/aromatic N) is 2. The molecule has 0 bridgehead atoms. The second-order valence-electron chi connectivity index (χ2n) is 4.95. The summed E-state index contributed by atoms with van der Waals surface area (Å²) >= 11 is 1.58. The fraction of sp³-hybridized carbons (Fsp3) is 0.667. The van der Waals surface area contributed by atoms with Gasteiger partial charge >= 0.3 is 0 Å². The largest absolute Gasteiger partial charge is 0.298 e. The number of H-pyrrole nitrogens is 1. The van der Waals surface area contributed by atoms with E-state index in [0.717, 1.165) is 18.6 Å². The number of nitrogens with one attached hydrogen (secondary N) is 1. The smallest absolute Gasteiger partial charge is 0.273 e. The van der Waals surface area contributed by atoms with E-state index in [1.807, 2.05) is 6.08 Å². The van der Waals surface area contributed by atoms with E-state index in [1.165, 1.54) is 38.5 Å². The molecule has 0 aliphatic carbocycles. The van der Waals surface area contributed by atoms with E-state index in [0.29, 0.717) is 10.9 Å². The molecule has 0 atom stereocenters. The summed E-state index contributed by atoms with van der Waals surface area (Å²) in [5.41, 5.74) is 0.285. The number of hydrogen-bond acceptors (Lipinski definition) is 4. The van der Waals surface area contributed by atoms with Gasteiger partial charge in [0.25, 0.3) is 5.56 Å². The van der Waals surface area contributed by atoms with E-state index >= 15 is 0 Å². The predicted molar refractivity (Wildman–Crippen MR) is 85.2 cm³/mol. The lowest BCUT2D eigenvalue weighted by molar-refractivity contribution is 0.593. The van der Waals surface area contributed by atoms with Gasteiger partial charge in [0.15, 0.2) is 5.16 Å². The molecule has 1 heterocycles. The minimum Gasteiger partial charge on any atom is -0.298 e. The molecular weight excluding hydrogens is 270 g/mol. The minimum atomic E-state index is -0.137. The number of aromatic amines is 1. The molecule has 0 radical (unpaired) electrons. The highest BCUT2D eigenvalue weighted by Gasteiger charge is 2.00. The van der Waals surface area contributed by atoms with Gasteiger partial charge in [-0.1, -0.05) is 49.9 Å². The summed E-state index contributed by atoms with van der Waals surface area (Å²) in [5.74, 6) is 0.990. The topological polar surface area (TPSA) is 58.6 Å². The van der Waals surface area contributed by atoms with Crippen LogP contribution in [0.5, 0.6) is 0 Å². The van der Waals surface area contributed by atoms with Gasteiger partial charge in [0.2, 0.25) is 0 Å². The molecule has 0 aliphatic rings. The first kappa shape index (κ1) is 17.0. The van der Waals surface area contributed by atoms with Crippen molar-refractivity contribution in [1.29, 1.82) is 0 Å². The Bertz CT molecular complexity index is 445. The van der Waals surface area contributed by atoms with Gasteiger partial charge in [0, 0.05) is 5.75 Å². The number of aromatic nitrogens is 3. The average Bonchev–Trinajstić information content (AvgIpc) is 2.45. The number of aryl methyl sites for hydroxylation is 1. The van der Waals surface area contributed by atoms with Gasteiger partial charge in [-0.3, -0.25) is 9.78 Å². The zero-order chi connectivity index (χ0) is 14.6. The Kier molecular flexibility index (Phi) is 9.04. The van der Waals surface area contributed by atoms with Gasteiger partial charge in [0.1, 0.15) is 5.69 Å². The van der Waals surface area contributed by atoms with Crippen molar-refractivity contribution in [3.63, 3.8) is 0 Å². The van der Waals surface area contributed by atoms with E-state index < -0.39 is 0 Å². The van der Waals surface area contributed by atoms with Crippen LogP contribution >= 0.6 is 11.8 Å². The zero-order valence-electron chi connectivity index (χ0n) is 12.4. The first-order chi connectivity index (χ1) is 9.74. The van der Waals surface area contributed by atoms with Crippen LogP contribution in [-0.2, 0) is 0 Å². The molecule has 112 valence electrons. The van der Waals surface area contributed by atoms with Crippen LogP contribution in [0.4, 0.5) is 0 Å². The Hall–Kier alpha value is -1.10. The molecule has 0 spiro atoms. The molecule has 5 heteroatoms. The molecule has 4 nitrogen and oxygen atoms in total. The SMILES string of the molecule is C=CCCCCCCCCCSc1nnc(C)c(=O)[nH]1. The molecule has 1 rings (SSSR count). The summed E-state index contributed by atoms with van der Waals surface area (Å²) in [6, 6.07) is 0. The zero-order valence-corrected chi connectivity index (χ0v) is 13.2. The Morgan fingerprint density at radius 1 is 1.10 bits per heavy atom. The molecule has 0 amide bonds. The van der Waals surface area contributed by atoms with Crippen molar-refractivity contribution >= 4 is 11.8 Å². The Morgan fingerprint density at radius 3 is 2.40 bits per heavy atom. The van der Waals surface area contributed by atoms with Crippen molar-refractivity contribution in [3.05, 3.63) is 28.7 Å². The van der Waals surface area contributed by atoms with Crippen LogP contribution < -0.4 is 5.56 Å². The van der Waals surface area contributed by atoms with Gasteiger partial charge in [-0.25, -0.2) is 0 Å². The summed E-state index contributed by atoms with van der Waals surface area (Å²) in [6.45, 7) is 5.39. The summed E-state index contributed by atoms with van der Waals surface area (Å²) in [5, 5.41) is 8.41. The standard InChI is InChI=1S/C15H25N3OS/c1-3-4-5-6-7-8-9-10-11-12-20-15-16-14(19)13(2)17-18-15/h3H,1,4-12H2,2H3,(H,16,18,19). The molecule has 1 N–H and O–H groups in total. The molecule has 0 unspecified atom stereocenters. The van der Waals surface area contributed by atoms with Gasteiger partial charge in [-0.05, 0) is 26.2 Å². The van der Waals surface area contributed by atoms with Crippen LogP contribution in [0.15, 0.2) is 22.6 Å². The van der Waals surface area contributed by atoms with Crippen LogP contribution in [0.2, 0.25) is 0 Å². The van der Waals surface area contributed by atoms with E-state index in [4.69, 9.17) is 0 Å². The molecule has 0 fully saturated rings. The predicted octanol–water partition coefficient (Wildman–Crippen LogP) is 3.87. The summed E-state index contributed by atoms with van der Waals surface area (Å²) < 4.78 is 0. The molecule has 0 aromatic carbocycles. The molecule has 1 aromatic heterocycles. The lowest BCUT2D eigenvalue weighted by atomic mass is 10.1. The van der Waals surface area contributed by atoms with Crippen molar-refractivity contribution in [3.8, 4) is 0 Å². The molecule has 0 saturated heterocycles. The number of hydrogen-bond donors (Lipinski definition) is 1. The van der Waals surface area contributed by atoms with E-state index in [9.17, 15) is 4.79 Å². The lowest BCUT2D eigenvalue weighted by Gasteiger charge is -2.02. The second-order valence-corrected chi connectivity index (χ2v) is 6.03. The number of unbranched alkanes of at least 4 members (excludes halogenated alkanes) is 7. The van der Waals surface area contributed by atoms with Crippen LogP contribution in [0.3, 0.4) is 0 Å². The summed E-state index contributed by atoms with van der Waals surface area (Å²) in [4.78, 5) is 14.1. The fourth-order valence-corrected chi connectivity index (χ4v) is 2.69. The minimum absolute atomic E-state index is 0.137. The third-order valence-electron chi connectivity index (χ3n) is 3.13. The van der Waals surface area contributed by atoms with E-state index in [-0.39, 0.29) is 5.56 Å². The monoisotopic (exact) mass is 295 g/mol. The van der Waals surface area contributed by atoms with Crippen LogP contribution in [0.25, 0.3) is 0 Å². The second kappa shape index (κ2) is 10.7. The van der Waals surface area contributed by atoms with Crippen molar-refractivity contribution in [1.82, 2.24) is 15.2 Å². The van der Waals surface area contributed by atoms with Crippen molar-refractivity contribution in [2.75, 3.05) is 5.75 Å². The fourth-order valence-electron chi connectivity index (χ4n) is 1.89. The Balaban J connectivity index is 1.98. The van der Waals surface area contributed by atoms with Crippen molar-refractivity contribution in [2.24, 2.45) is 0 Å². The maximum Gasteiger partial charge on any atom is 0.273 e. The molecule has 1 aromatic rings. The van der Waals surface area contributed by atoms with Gasteiger partial charge in [-0.2, -0.15) is 0 Å². The average molecular weight is 295 g/mol. The highest BCUT2D eigenvalue weighted by Crippen LogP contribution is 2.14. The van der Waals surface area contributed by atoms with Crippen molar-refractivity contribution < 1.29 is 0 Å². The quantitative estimate of drug-likeness (QED) is 0.382. The maximum absolute atomic E-state index is 11.3. The molecule has 20 heavy (non-hydrogen) atoms. The van der Waals surface area contributed by atoms with Gasteiger partial charge in [-0.15, -0.1) is 16.8 Å². The van der Waals surface area contributed by atoms with Crippen LogP contribution in [0, 0.1) is 6.92 Å². The van der Waals surface area contributed by atoms with Crippen LogP contribution in [-0.4, -0.2) is 20.9 Å². The third-order valence-corrected chi connectivity index (χ3v) is 4.08. The summed E-state index contributed by atoms with van der Waals surface area (Å²) in [7, 11) is 0. The van der Waals surface area contributed by atoms with E-state index in [1.54, 1.807) is 18.7 Å². The maximum atomic E-state index is 11.3. The molecule has 0 aliphatic heterocycles. The molecular formula is C15H25N3OS. The number of rotatable bonds is 11. The lowest BCUT2D eigenvalue weighted by Crippen LogP contribution is -2.14. The highest BCUT2D eigenvalue weighted by molar-refractivity contribution is 7.99. The normalized spacial score (nSPS) is 10.7. The highest BCUT2D eigenvalue weighted by atomic mass is 32.2. The third kappa shape index (κ3) is 7.48. The Morgan fingerprint density at radius 2 is 1.75 bits per heavy atom. The van der Waals surface area contributed by atoms with Crippen LogP contribution in [0.1, 0.15) is 57.1 Å². The first-order valence-electron chi connectivity index (χ1n) is 7.41. The number of allylic oxidation sites excluding steroid dienone is 1. The first-order valence-corrected chi connectivity index (χ1v) is 8.40. The van der Waals surface area contributed by atoms with E-state index in [2.05, 4.69) is 21.8 Å². The summed E-state index contributed by atoms with van der Waals surface area (Å²) in [6.07, 6.45) is 12.1. The number of thioether (sulfide) groups is 1. The van der Waals surface area contributed by atoms with Gasteiger partial charge < -0.3 is 0 Å². The Labute approximate surface area is 125 Å². The molecule has 0 saturated carbocycles.